The zero-order chi connectivity index (χ0) is 25.7. The summed E-state index contributed by atoms with van der Waals surface area (Å²) in [5.41, 5.74) is 6.59. The second kappa shape index (κ2) is 9.92. The molecule has 0 unspecified atom stereocenters. The quantitative estimate of drug-likeness (QED) is 0.364. The predicted octanol–water partition coefficient (Wildman–Crippen LogP) is 6.26. The summed E-state index contributed by atoms with van der Waals surface area (Å²) < 4.78 is 1.90. The van der Waals surface area contributed by atoms with Crippen molar-refractivity contribution in [2.24, 2.45) is 23.7 Å². The van der Waals surface area contributed by atoms with E-state index in [-0.39, 0.29) is 5.91 Å². The van der Waals surface area contributed by atoms with Crippen LogP contribution in [-0.2, 0) is 0 Å². The first-order valence-electron chi connectivity index (χ1n) is 13.8. The van der Waals surface area contributed by atoms with Crippen molar-refractivity contribution in [3.05, 3.63) is 69.9 Å². The topological polar surface area (TPSA) is 59.0 Å². The van der Waals surface area contributed by atoms with Gasteiger partial charge in [-0.05, 0) is 112 Å². The summed E-state index contributed by atoms with van der Waals surface area (Å²) in [6, 6.07) is 14.6. The van der Waals surface area contributed by atoms with Gasteiger partial charge in [0.05, 0.1) is 11.4 Å². The van der Waals surface area contributed by atoms with Crippen LogP contribution in [0.15, 0.2) is 42.5 Å². The molecule has 4 saturated carbocycles. The van der Waals surface area contributed by atoms with E-state index in [4.69, 9.17) is 16.7 Å². The van der Waals surface area contributed by atoms with Crippen LogP contribution in [0.5, 0.6) is 0 Å². The van der Waals surface area contributed by atoms with Crippen molar-refractivity contribution in [2.45, 2.75) is 58.9 Å². The van der Waals surface area contributed by atoms with Crippen molar-refractivity contribution in [3.8, 4) is 16.9 Å². The minimum atomic E-state index is -0.123. The van der Waals surface area contributed by atoms with Crippen molar-refractivity contribution in [3.63, 3.8) is 0 Å². The maximum absolute atomic E-state index is 13.3. The number of rotatable bonds is 7. The Morgan fingerprint density at radius 3 is 2.24 bits per heavy atom. The molecule has 1 amide bonds. The van der Waals surface area contributed by atoms with Gasteiger partial charge in [-0.1, -0.05) is 29.8 Å². The minimum Gasteiger partial charge on any atom is -0.349 e. The summed E-state index contributed by atoms with van der Waals surface area (Å²) in [6.45, 7) is 7.59. The third-order valence-electron chi connectivity index (χ3n) is 9.21. The van der Waals surface area contributed by atoms with Gasteiger partial charge in [-0.3, -0.25) is 4.79 Å². The number of benzene rings is 2. The number of aryl methyl sites for hydroxylation is 2. The van der Waals surface area contributed by atoms with Crippen molar-refractivity contribution in [2.75, 3.05) is 13.1 Å². The maximum atomic E-state index is 13.3. The van der Waals surface area contributed by atoms with Gasteiger partial charge >= 0.3 is 0 Å². The molecule has 4 fully saturated rings. The minimum absolute atomic E-state index is 0.123. The number of hydrogen-bond donors (Lipinski definition) is 2. The van der Waals surface area contributed by atoms with Gasteiger partial charge < -0.3 is 10.6 Å². The molecule has 4 aliphatic carbocycles. The van der Waals surface area contributed by atoms with Crippen LogP contribution < -0.4 is 10.6 Å². The average molecular weight is 517 g/mol. The van der Waals surface area contributed by atoms with Crippen molar-refractivity contribution in [1.82, 2.24) is 20.4 Å². The molecule has 6 heteroatoms. The number of halogens is 1. The fourth-order valence-electron chi connectivity index (χ4n) is 7.46. The Kier molecular flexibility index (Phi) is 6.62. The molecular formula is C31H37ClN4O. The zero-order valence-electron chi connectivity index (χ0n) is 22.1. The Labute approximate surface area is 225 Å². The highest BCUT2D eigenvalue weighted by atomic mass is 35.5. The number of amides is 1. The molecule has 4 bridgehead atoms. The number of hydrogen-bond acceptors (Lipinski definition) is 3. The summed E-state index contributed by atoms with van der Waals surface area (Å²) in [5, 5.41) is 12.5. The lowest BCUT2D eigenvalue weighted by Crippen LogP contribution is -2.55. The Bertz CT molecular complexity index is 1280. The van der Waals surface area contributed by atoms with Crippen molar-refractivity contribution < 1.29 is 4.79 Å². The summed E-state index contributed by atoms with van der Waals surface area (Å²) in [5.74, 6) is 3.51. The van der Waals surface area contributed by atoms with E-state index in [1.165, 1.54) is 43.2 Å². The van der Waals surface area contributed by atoms with Crippen LogP contribution in [0.1, 0.15) is 59.3 Å². The second-order valence-electron chi connectivity index (χ2n) is 11.7. The van der Waals surface area contributed by atoms with Crippen LogP contribution >= 0.6 is 11.6 Å². The smallest absolute Gasteiger partial charge is 0.272 e. The van der Waals surface area contributed by atoms with Gasteiger partial charge in [0.15, 0.2) is 5.69 Å². The van der Waals surface area contributed by atoms with E-state index in [0.29, 0.717) is 23.3 Å². The standard InChI is InChI=1S/C31H37ClN4O/c1-18-4-9-27(12-19(18)2)36-30(23-5-7-26(32)8-6-23)20(3)28(35-36)31(37)34-11-10-33-29-24-14-21-13-22(16-24)17-25(29)15-21/h4-9,12,21-22,24-25,29,33H,10-11,13-17H2,1-3H3,(H,34,37)/t21-,22+,24-,25+,29?. The average Bonchev–Trinajstić information content (AvgIpc) is 3.22. The summed E-state index contributed by atoms with van der Waals surface area (Å²) in [4.78, 5) is 13.3. The number of nitrogens with one attached hydrogen (secondary N) is 2. The maximum Gasteiger partial charge on any atom is 0.272 e. The summed E-state index contributed by atoms with van der Waals surface area (Å²) in [7, 11) is 0. The lowest BCUT2D eigenvalue weighted by atomic mass is 9.54. The van der Waals surface area contributed by atoms with E-state index in [0.717, 1.165) is 52.7 Å². The largest absolute Gasteiger partial charge is 0.349 e. The Morgan fingerprint density at radius 1 is 0.919 bits per heavy atom. The summed E-state index contributed by atoms with van der Waals surface area (Å²) >= 11 is 6.16. The third kappa shape index (κ3) is 4.72. The highest BCUT2D eigenvalue weighted by molar-refractivity contribution is 6.30. The highest BCUT2D eigenvalue weighted by Crippen LogP contribution is 2.53. The first kappa shape index (κ1) is 24.7. The summed E-state index contributed by atoms with van der Waals surface area (Å²) in [6.07, 6.45) is 7.08. The molecular weight excluding hydrogens is 480 g/mol. The fraction of sp³-hybridized carbons (Fsp3) is 0.484. The number of aromatic nitrogens is 2. The monoisotopic (exact) mass is 516 g/mol. The Hall–Kier alpha value is -2.63. The normalized spacial score (nSPS) is 26.0. The SMILES string of the molecule is Cc1ccc(-n2nc(C(=O)NCCNC3[C@H]4C[C@@H]5C[C@@H](C[C@H]3C5)C4)c(C)c2-c2ccc(Cl)cc2)cc1C. The lowest BCUT2D eigenvalue weighted by Gasteiger charge is -2.54. The molecule has 0 spiro atoms. The highest BCUT2D eigenvalue weighted by Gasteiger charge is 2.47. The van der Waals surface area contributed by atoms with E-state index >= 15 is 0 Å². The van der Waals surface area contributed by atoms with Gasteiger partial charge in [0.2, 0.25) is 0 Å². The molecule has 2 aromatic carbocycles. The molecule has 0 aliphatic heterocycles. The van der Waals surface area contributed by atoms with Crippen LogP contribution in [0, 0.1) is 44.4 Å². The molecule has 4 aliphatic rings. The van der Waals surface area contributed by atoms with Crippen LogP contribution in [-0.4, -0.2) is 34.8 Å². The van der Waals surface area contributed by atoms with Gasteiger partial charge in [-0.15, -0.1) is 0 Å². The van der Waals surface area contributed by atoms with Gasteiger partial charge in [-0.2, -0.15) is 5.10 Å². The molecule has 2 N–H and O–H groups in total. The molecule has 0 radical (unpaired) electrons. The molecule has 1 aromatic heterocycles. The van der Waals surface area contributed by atoms with Crippen LogP contribution in [0.25, 0.3) is 16.9 Å². The number of carbonyl (C=O) groups excluding carboxylic acids is 1. The number of carbonyl (C=O) groups is 1. The molecule has 194 valence electrons. The van der Waals surface area contributed by atoms with E-state index in [1.807, 2.05) is 35.9 Å². The molecule has 5 nitrogen and oxygen atoms in total. The number of nitrogens with zero attached hydrogens (tertiary/aromatic N) is 2. The zero-order valence-corrected chi connectivity index (χ0v) is 22.8. The molecule has 1 heterocycles. The third-order valence-corrected chi connectivity index (χ3v) is 9.46. The molecule has 0 atom stereocenters. The first-order valence-corrected chi connectivity index (χ1v) is 14.2. The van der Waals surface area contributed by atoms with Gasteiger partial charge in [0, 0.05) is 35.3 Å². The fourth-order valence-corrected chi connectivity index (χ4v) is 7.59. The van der Waals surface area contributed by atoms with E-state index in [2.05, 4.69) is 42.7 Å². The lowest BCUT2D eigenvalue weighted by molar-refractivity contribution is -0.0133. The van der Waals surface area contributed by atoms with E-state index < -0.39 is 0 Å². The first-order chi connectivity index (χ1) is 17.9. The Balaban J connectivity index is 1.19. The molecule has 37 heavy (non-hydrogen) atoms. The van der Waals surface area contributed by atoms with Crippen LogP contribution in [0.3, 0.4) is 0 Å². The van der Waals surface area contributed by atoms with E-state index in [1.54, 1.807) is 0 Å². The van der Waals surface area contributed by atoms with Gasteiger partial charge in [0.1, 0.15) is 0 Å². The second-order valence-corrected chi connectivity index (χ2v) is 12.1. The Morgan fingerprint density at radius 2 is 1.59 bits per heavy atom. The van der Waals surface area contributed by atoms with Crippen LogP contribution in [0.4, 0.5) is 0 Å². The van der Waals surface area contributed by atoms with E-state index in [9.17, 15) is 4.79 Å². The van der Waals surface area contributed by atoms with Gasteiger partial charge in [0.25, 0.3) is 5.91 Å². The van der Waals surface area contributed by atoms with Crippen molar-refractivity contribution in [1.29, 1.82) is 0 Å². The molecule has 3 aromatic rings. The van der Waals surface area contributed by atoms with Crippen LogP contribution in [0.2, 0.25) is 5.02 Å². The molecule has 7 rings (SSSR count). The van der Waals surface area contributed by atoms with Crippen molar-refractivity contribution >= 4 is 17.5 Å². The predicted molar refractivity (Wildman–Crippen MR) is 149 cm³/mol. The van der Waals surface area contributed by atoms with Gasteiger partial charge in [-0.25, -0.2) is 4.68 Å². The molecule has 0 saturated heterocycles.